The van der Waals surface area contributed by atoms with E-state index in [0.29, 0.717) is 6.04 Å². The molecule has 0 bridgehead atoms. The van der Waals surface area contributed by atoms with Crippen LogP contribution in [0.3, 0.4) is 0 Å². The van der Waals surface area contributed by atoms with Crippen molar-refractivity contribution in [2.75, 3.05) is 20.2 Å². The summed E-state index contributed by atoms with van der Waals surface area (Å²) in [5.74, 6) is 1.13. The first-order valence-corrected chi connectivity index (χ1v) is 8.62. The molecule has 0 N–H and O–H groups in total. The topological polar surface area (TPSA) is 47.4 Å². The van der Waals surface area contributed by atoms with Gasteiger partial charge in [-0.15, -0.1) is 0 Å². The lowest BCUT2D eigenvalue weighted by molar-refractivity contribution is -0.144. The fraction of sp³-hybridized carbons (Fsp3) is 0.474. The zero-order valence-corrected chi connectivity index (χ0v) is 14.4. The fourth-order valence-electron chi connectivity index (χ4n) is 3.51. The second kappa shape index (κ2) is 7.62. The summed E-state index contributed by atoms with van der Waals surface area (Å²) >= 11 is 0. The van der Waals surface area contributed by atoms with Crippen LogP contribution in [0.5, 0.6) is 0 Å². The van der Waals surface area contributed by atoms with Crippen molar-refractivity contribution in [3.8, 4) is 0 Å². The molecule has 2 heterocycles. The zero-order chi connectivity index (χ0) is 16.9. The van der Waals surface area contributed by atoms with Crippen LogP contribution >= 0.6 is 0 Å². The summed E-state index contributed by atoms with van der Waals surface area (Å²) in [4.78, 5) is 19.3. The summed E-state index contributed by atoms with van der Waals surface area (Å²) in [5.41, 5.74) is 0.906. The van der Waals surface area contributed by atoms with Crippen LogP contribution in [0.1, 0.15) is 43.3 Å². The van der Waals surface area contributed by atoms with Crippen LogP contribution in [0.15, 0.2) is 42.7 Å². The number of carbonyl (C=O) groups excluding carboxylic acids is 1. The van der Waals surface area contributed by atoms with Crippen molar-refractivity contribution in [1.82, 2.24) is 14.5 Å². The van der Waals surface area contributed by atoms with Gasteiger partial charge in [-0.25, -0.2) is 4.98 Å². The Bertz CT molecular complexity index is 668. The number of piperidine rings is 1. The lowest BCUT2D eigenvalue weighted by Crippen LogP contribution is -2.43. The summed E-state index contributed by atoms with van der Waals surface area (Å²) in [6, 6.07) is 10.0. The highest BCUT2D eigenvalue weighted by molar-refractivity contribution is 5.82. The molecule has 1 saturated heterocycles. The molecule has 0 spiro atoms. The van der Waals surface area contributed by atoms with Gasteiger partial charge in [0, 0.05) is 39.0 Å². The first-order valence-electron chi connectivity index (χ1n) is 8.62. The van der Waals surface area contributed by atoms with E-state index in [2.05, 4.69) is 16.5 Å². The van der Waals surface area contributed by atoms with Crippen LogP contribution in [0.2, 0.25) is 0 Å². The van der Waals surface area contributed by atoms with Crippen LogP contribution in [0.25, 0.3) is 0 Å². The molecule has 1 amide bonds. The first-order chi connectivity index (χ1) is 11.7. The van der Waals surface area contributed by atoms with E-state index in [0.717, 1.165) is 43.7 Å². The normalized spacial score (nSPS) is 19.2. The van der Waals surface area contributed by atoms with Crippen molar-refractivity contribution < 1.29 is 9.53 Å². The van der Waals surface area contributed by atoms with Gasteiger partial charge in [0.25, 0.3) is 5.91 Å². The maximum absolute atomic E-state index is 13.0. The number of methoxy groups -OCH3 is 1. The SMILES string of the molecule is CCc1nccn1[C@@H]1CCCN(C(=O)[C@H](OC)c2ccccc2)C1. The molecule has 2 atom stereocenters. The average Bonchev–Trinajstić information content (AvgIpc) is 3.12. The number of nitrogens with zero attached hydrogens (tertiary/aromatic N) is 3. The summed E-state index contributed by atoms with van der Waals surface area (Å²) in [7, 11) is 1.60. The molecule has 2 aromatic rings. The number of rotatable bonds is 5. The molecule has 1 aliphatic rings. The minimum atomic E-state index is -0.529. The predicted octanol–water partition coefficient (Wildman–Crippen LogP) is 3.00. The van der Waals surface area contributed by atoms with E-state index in [9.17, 15) is 4.79 Å². The molecule has 5 nitrogen and oxygen atoms in total. The second-order valence-electron chi connectivity index (χ2n) is 6.21. The number of ether oxygens (including phenoxy) is 1. The number of carbonyl (C=O) groups is 1. The number of hydrogen-bond acceptors (Lipinski definition) is 3. The Labute approximate surface area is 143 Å². The van der Waals surface area contributed by atoms with Crippen molar-refractivity contribution in [3.05, 3.63) is 54.1 Å². The number of amides is 1. The Hall–Kier alpha value is -2.14. The standard InChI is InChI=1S/C19H25N3O2/c1-3-17-20-11-13-22(17)16-10-7-12-21(14-16)19(23)18(24-2)15-8-5-4-6-9-15/h4-6,8-9,11,13,16,18H,3,7,10,12,14H2,1-2H3/t16-,18-/m1/s1. The molecule has 1 fully saturated rings. The van der Waals surface area contributed by atoms with E-state index >= 15 is 0 Å². The Kier molecular flexibility index (Phi) is 5.30. The smallest absolute Gasteiger partial charge is 0.256 e. The van der Waals surface area contributed by atoms with E-state index in [-0.39, 0.29) is 5.91 Å². The summed E-state index contributed by atoms with van der Waals surface area (Å²) < 4.78 is 7.74. The van der Waals surface area contributed by atoms with Crippen molar-refractivity contribution in [2.45, 2.75) is 38.3 Å². The van der Waals surface area contributed by atoms with Crippen LogP contribution in [0, 0.1) is 0 Å². The molecule has 0 unspecified atom stereocenters. The molecule has 1 aromatic heterocycles. The fourth-order valence-corrected chi connectivity index (χ4v) is 3.51. The van der Waals surface area contributed by atoms with E-state index in [1.54, 1.807) is 7.11 Å². The molecule has 3 rings (SSSR count). The van der Waals surface area contributed by atoms with Crippen molar-refractivity contribution in [1.29, 1.82) is 0 Å². The van der Waals surface area contributed by atoms with Gasteiger partial charge < -0.3 is 14.2 Å². The van der Waals surface area contributed by atoms with E-state index in [4.69, 9.17) is 4.74 Å². The van der Waals surface area contributed by atoms with E-state index < -0.39 is 6.10 Å². The molecule has 0 saturated carbocycles. The van der Waals surface area contributed by atoms with Gasteiger partial charge in [-0.2, -0.15) is 0 Å². The second-order valence-corrected chi connectivity index (χ2v) is 6.21. The number of hydrogen-bond donors (Lipinski definition) is 0. The van der Waals surface area contributed by atoms with Crippen LogP contribution < -0.4 is 0 Å². The van der Waals surface area contributed by atoms with Gasteiger partial charge in [0.1, 0.15) is 5.82 Å². The maximum Gasteiger partial charge on any atom is 0.256 e. The van der Waals surface area contributed by atoms with Gasteiger partial charge in [0.2, 0.25) is 0 Å². The third-order valence-electron chi connectivity index (χ3n) is 4.73. The lowest BCUT2D eigenvalue weighted by atomic mass is 10.0. The van der Waals surface area contributed by atoms with Gasteiger partial charge in [-0.3, -0.25) is 4.79 Å². The molecule has 5 heteroatoms. The highest BCUT2D eigenvalue weighted by atomic mass is 16.5. The van der Waals surface area contributed by atoms with Gasteiger partial charge in [0.05, 0.1) is 6.04 Å². The molecular formula is C19H25N3O2. The monoisotopic (exact) mass is 327 g/mol. The van der Waals surface area contributed by atoms with Crippen LogP contribution in [-0.2, 0) is 16.0 Å². The van der Waals surface area contributed by atoms with Crippen LogP contribution in [-0.4, -0.2) is 40.6 Å². The predicted molar refractivity (Wildman–Crippen MR) is 92.6 cm³/mol. The summed E-state index contributed by atoms with van der Waals surface area (Å²) in [5, 5.41) is 0. The van der Waals surface area contributed by atoms with Crippen LogP contribution in [0.4, 0.5) is 0 Å². The Morgan fingerprint density at radius 3 is 2.88 bits per heavy atom. The Morgan fingerprint density at radius 2 is 2.17 bits per heavy atom. The molecule has 24 heavy (non-hydrogen) atoms. The third-order valence-corrected chi connectivity index (χ3v) is 4.73. The number of benzene rings is 1. The average molecular weight is 327 g/mol. The molecule has 1 aromatic carbocycles. The van der Waals surface area contributed by atoms with Gasteiger partial charge >= 0.3 is 0 Å². The van der Waals surface area contributed by atoms with Crippen molar-refractivity contribution >= 4 is 5.91 Å². The van der Waals surface area contributed by atoms with Gasteiger partial charge in [0.15, 0.2) is 6.10 Å². The number of likely N-dealkylation sites (tertiary alicyclic amines) is 1. The van der Waals surface area contributed by atoms with E-state index in [1.807, 2.05) is 47.6 Å². The maximum atomic E-state index is 13.0. The molecular weight excluding hydrogens is 302 g/mol. The highest BCUT2D eigenvalue weighted by Gasteiger charge is 2.30. The number of aryl methyl sites for hydroxylation is 1. The quantitative estimate of drug-likeness (QED) is 0.848. The molecule has 0 aliphatic carbocycles. The van der Waals surface area contributed by atoms with Gasteiger partial charge in [-0.1, -0.05) is 37.3 Å². The molecule has 128 valence electrons. The Balaban J connectivity index is 1.75. The highest BCUT2D eigenvalue weighted by Crippen LogP contribution is 2.27. The van der Waals surface area contributed by atoms with Crippen molar-refractivity contribution in [3.63, 3.8) is 0 Å². The number of aromatic nitrogens is 2. The third kappa shape index (κ3) is 3.36. The van der Waals surface area contributed by atoms with Gasteiger partial charge in [-0.05, 0) is 18.4 Å². The lowest BCUT2D eigenvalue weighted by Gasteiger charge is -2.35. The van der Waals surface area contributed by atoms with E-state index in [1.165, 1.54) is 0 Å². The number of imidazole rings is 1. The Morgan fingerprint density at radius 1 is 1.38 bits per heavy atom. The summed E-state index contributed by atoms with van der Waals surface area (Å²) in [6.07, 6.45) is 6.34. The first kappa shape index (κ1) is 16.7. The molecule has 0 radical (unpaired) electrons. The minimum Gasteiger partial charge on any atom is -0.367 e. The zero-order valence-electron chi connectivity index (χ0n) is 14.4. The largest absolute Gasteiger partial charge is 0.367 e. The molecule has 1 aliphatic heterocycles. The minimum absolute atomic E-state index is 0.0477. The summed E-state index contributed by atoms with van der Waals surface area (Å²) in [6.45, 7) is 3.62. The van der Waals surface area contributed by atoms with Crippen molar-refractivity contribution in [2.24, 2.45) is 0 Å².